The molecule has 116 valence electrons. The van der Waals surface area contributed by atoms with E-state index in [1.165, 1.54) is 0 Å². The molecule has 0 spiro atoms. The van der Waals surface area contributed by atoms with E-state index >= 15 is 0 Å². The zero-order valence-electron chi connectivity index (χ0n) is 14.1. The first kappa shape index (κ1) is 16.4. The number of terminal acetylenes is 1. The molecule has 2 rings (SSSR count). The normalized spacial score (nSPS) is 19.8. The van der Waals surface area contributed by atoms with Crippen LogP contribution in [-0.2, 0) is 9.53 Å². The molecule has 0 N–H and O–H groups in total. The van der Waals surface area contributed by atoms with Crippen molar-refractivity contribution in [1.82, 2.24) is 0 Å². The number of hydrogen-bond acceptors (Lipinski definition) is 2. The van der Waals surface area contributed by atoms with E-state index in [9.17, 15) is 4.79 Å². The van der Waals surface area contributed by atoms with Crippen LogP contribution in [0.2, 0.25) is 0 Å². The van der Waals surface area contributed by atoms with Crippen LogP contribution < -0.4 is 0 Å². The minimum Gasteiger partial charge on any atom is -0.460 e. The first-order valence-corrected chi connectivity index (χ1v) is 7.62. The maximum atomic E-state index is 12.3. The van der Waals surface area contributed by atoms with Gasteiger partial charge >= 0.3 is 5.97 Å². The van der Waals surface area contributed by atoms with Gasteiger partial charge in [0.2, 0.25) is 0 Å². The molecule has 0 unspecified atom stereocenters. The average Bonchev–Trinajstić information content (AvgIpc) is 2.89. The first-order valence-electron chi connectivity index (χ1n) is 7.62. The van der Waals surface area contributed by atoms with Crippen LogP contribution in [0.15, 0.2) is 35.9 Å². The van der Waals surface area contributed by atoms with Gasteiger partial charge in [-0.2, -0.15) is 0 Å². The summed E-state index contributed by atoms with van der Waals surface area (Å²) < 4.78 is 5.49. The third kappa shape index (κ3) is 2.68. The molecule has 0 amide bonds. The maximum Gasteiger partial charge on any atom is 0.310 e. The number of benzene rings is 1. The molecule has 1 saturated carbocycles. The van der Waals surface area contributed by atoms with Gasteiger partial charge in [-0.25, -0.2) is 0 Å². The highest BCUT2D eigenvalue weighted by atomic mass is 16.5. The molecule has 1 aliphatic rings. The monoisotopic (exact) mass is 296 g/mol. The van der Waals surface area contributed by atoms with Crippen LogP contribution in [0.3, 0.4) is 0 Å². The van der Waals surface area contributed by atoms with Crippen molar-refractivity contribution in [2.24, 2.45) is 16.7 Å². The standard InChI is InChI=1S/C20H24O2/c1-7-15(14(2)16-11-9-8-10-12-16)13-22-18(21)17-19(3,4)20(17,5)6/h1,8-12,17H,13H2,2-6H3. The molecular formula is C20H24O2. The summed E-state index contributed by atoms with van der Waals surface area (Å²) in [5, 5.41) is 0. The van der Waals surface area contributed by atoms with Crippen LogP contribution in [0, 0.1) is 29.1 Å². The van der Waals surface area contributed by atoms with Gasteiger partial charge in [-0.3, -0.25) is 4.79 Å². The summed E-state index contributed by atoms with van der Waals surface area (Å²) in [6.45, 7) is 10.5. The third-order valence-corrected chi connectivity index (χ3v) is 5.45. The number of allylic oxidation sites excluding steroid dienone is 1. The van der Waals surface area contributed by atoms with Crippen molar-refractivity contribution in [2.75, 3.05) is 6.61 Å². The Kier molecular flexibility index (Phi) is 4.20. The highest BCUT2D eigenvalue weighted by Gasteiger charge is 2.69. The lowest BCUT2D eigenvalue weighted by Crippen LogP contribution is -2.13. The molecule has 0 aromatic heterocycles. The molecule has 2 nitrogen and oxygen atoms in total. The Morgan fingerprint density at radius 3 is 2.18 bits per heavy atom. The Morgan fingerprint density at radius 2 is 1.73 bits per heavy atom. The van der Waals surface area contributed by atoms with Gasteiger partial charge in [-0.05, 0) is 28.9 Å². The van der Waals surface area contributed by atoms with Crippen LogP contribution in [-0.4, -0.2) is 12.6 Å². The largest absolute Gasteiger partial charge is 0.460 e. The fourth-order valence-electron chi connectivity index (χ4n) is 3.13. The van der Waals surface area contributed by atoms with E-state index in [0.717, 1.165) is 16.7 Å². The van der Waals surface area contributed by atoms with Crippen molar-refractivity contribution in [2.45, 2.75) is 34.6 Å². The smallest absolute Gasteiger partial charge is 0.310 e. The minimum absolute atomic E-state index is 0.0153. The average molecular weight is 296 g/mol. The molecule has 1 fully saturated rings. The minimum atomic E-state index is -0.149. The molecule has 0 atom stereocenters. The van der Waals surface area contributed by atoms with E-state index in [-0.39, 0.29) is 29.3 Å². The maximum absolute atomic E-state index is 12.3. The summed E-state index contributed by atoms with van der Waals surface area (Å²) in [6.07, 6.45) is 5.60. The Morgan fingerprint density at radius 1 is 1.18 bits per heavy atom. The Labute approximate surface area is 133 Å². The van der Waals surface area contributed by atoms with Gasteiger partial charge in [-0.15, -0.1) is 6.42 Å². The molecule has 2 heteroatoms. The quantitative estimate of drug-likeness (QED) is 0.611. The van der Waals surface area contributed by atoms with E-state index in [2.05, 4.69) is 33.6 Å². The molecule has 0 saturated heterocycles. The summed E-state index contributed by atoms with van der Waals surface area (Å²) in [5.41, 5.74) is 2.72. The van der Waals surface area contributed by atoms with Crippen LogP contribution in [0.25, 0.3) is 5.57 Å². The lowest BCUT2D eigenvalue weighted by molar-refractivity contribution is -0.145. The van der Waals surface area contributed by atoms with Gasteiger partial charge < -0.3 is 4.74 Å². The molecule has 1 aromatic rings. The van der Waals surface area contributed by atoms with Crippen LogP contribution in [0.5, 0.6) is 0 Å². The molecule has 0 heterocycles. The second-order valence-electron chi connectivity index (χ2n) is 7.10. The lowest BCUT2D eigenvalue weighted by Gasteiger charge is -2.09. The summed E-state index contributed by atoms with van der Waals surface area (Å²) in [4.78, 5) is 12.3. The van der Waals surface area contributed by atoms with Gasteiger partial charge in [-0.1, -0.05) is 63.9 Å². The number of esters is 1. The van der Waals surface area contributed by atoms with Gasteiger partial charge in [0, 0.05) is 5.57 Å². The SMILES string of the molecule is C#CC(COC(=O)C1C(C)(C)C1(C)C)=C(C)c1ccccc1. The number of hydrogen-bond donors (Lipinski definition) is 0. The highest BCUT2D eigenvalue weighted by molar-refractivity contribution is 5.79. The molecule has 1 aliphatic carbocycles. The summed E-state index contributed by atoms with van der Waals surface area (Å²) >= 11 is 0. The van der Waals surface area contributed by atoms with Gasteiger partial charge in [0.25, 0.3) is 0 Å². The van der Waals surface area contributed by atoms with Gasteiger partial charge in [0.05, 0.1) is 5.92 Å². The van der Waals surface area contributed by atoms with Crippen molar-refractivity contribution in [3.8, 4) is 12.3 Å². The van der Waals surface area contributed by atoms with Crippen LogP contribution in [0.1, 0.15) is 40.2 Å². The van der Waals surface area contributed by atoms with E-state index in [1.54, 1.807) is 0 Å². The topological polar surface area (TPSA) is 26.3 Å². The predicted molar refractivity (Wildman–Crippen MR) is 89.9 cm³/mol. The predicted octanol–water partition coefficient (Wildman–Crippen LogP) is 4.32. The van der Waals surface area contributed by atoms with Gasteiger partial charge in [0.15, 0.2) is 0 Å². The Bertz CT molecular complexity index is 628. The van der Waals surface area contributed by atoms with E-state index in [1.807, 2.05) is 37.3 Å². The fourth-order valence-corrected chi connectivity index (χ4v) is 3.13. The second-order valence-corrected chi connectivity index (χ2v) is 7.10. The summed E-state index contributed by atoms with van der Waals surface area (Å²) in [5.74, 6) is 2.45. The first-order chi connectivity index (χ1) is 10.2. The summed E-state index contributed by atoms with van der Waals surface area (Å²) in [7, 11) is 0. The third-order valence-electron chi connectivity index (χ3n) is 5.45. The molecule has 1 aromatic carbocycles. The highest BCUT2D eigenvalue weighted by Crippen LogP contribution is 2.68. The fraction of sp³-hybridized carbons (Fsp3) is 0.450. The zero-order chi connectivity index (χ0) is 16.5. The molecule has 22 heavy (non-hydrogen) atoms. The van der Waals surface area contributed by atoms with Gasteiger partial charge in [0.1, 0.15) is 6.61 Å². The van der Waals surface area contributed by atoms with Crippen molar-refractivity contribution >= 4 is 11.5 Å². The van der Waals surface area contributed by atoms with E-state index in [0.29, 0.717) is 0 Å². The zero-order valence-corrected chi connectivity index (χ0v) is 14.1. The Hall–Kier alpha value is -2.01. The molecule has 0 bridgehead atoms. The van der Waals surface area contributed by atoms with Crippen LogP contribution in [0.4, 0.5) is 0 Å². The van der Waals surface area contributed by atoms with Crippen molar-refractivity contribution in [3.05, 3.63) is 41.5 Å². The molecule has 0 radical (unpaired) electrons. The second kappa shape index (κ2) is 5.65. The van der Waals surface area contributed by atoms with Crippen molar-refractivity contribution in [3.63, 3.8) is 0 Å². The number of ether oxygens (including phenoxy) is 1. The Balaban J connectivity index is 2.07. The van der Waals surface area contributed by atoms with E-state index < -0.39 is 0 Å². The van der Waals surface area contributed by atoms with Crippen molar-refractivity contribution < 1.29 is 9.53 Å². The number of carbonyl (C=O) groups is 1. The number of rotatable bonds is 4. The lowest BCUT2D eigenvalue weighted by atomic mass is 10.0. The van der Waals surface area contributed by atoms with Crippen LogP contribution >= 0.6 is 0 Å². The molecular weight excluding hydrogens is 272 g/mol. The molecule has 0 aliphatic heterocycles. The summed E-state index contributed by atoms with van der Waals surface area (Å²) in [6, 6.07) is 9.90. The van der Waals surface area contributed by atoms with E-state index in [4.69, 9.17) is 11.2 Å². The van der Waals surface area contributed by atoms with Crippen molar-refractivity contribution in [1.29, 1.82) is 0 Å². The number of carbonyl (C=O) groups excluding carboxylic acids is 1.